The average Bonchev–Trinajstić information content (AvgIpc) is 3.51. The lowest BCUT2D eigenvalue weighted by Gasteiger charge is -2.16. The number of hydrogen-bond donors (Lipinski definition) is 2. The first-order chi connectivity index (χ1) is 15.2. The normalized spacial score (nSPS) is 18.1. The smallest absolute Gasteiger partial charge is 0.253 e. The van der Waals surface area contributed by atoms with Crippen molar-refractivity contribution in [2.24, 2.45) is 0 Å². The molecule has 2 aromatic carbocycles. The highest BCUT2D eigenvalue weighted by atomic mass is 16.5. The molecule has 164 valence electrons. The Labute approximate surface area is 182 Å². The fraction of sp³-hybridized carbons (Fsp3) is 0.417. The van der Waals surface area contributed by atoms with Gasteiger partial charge in [-0.15, -0.1) is 0 Å². The lowest BCUT2D eigenvalue weighted by molar-refractivity contribution is -0.114. The van der Waals surface area contributed by atoms with Crippen LogP contribution in [0.2, 0.25) is 0 Å². The number of likely N-dealkylation sites (tertiary alicyclic amines) is 1. The third-order valence-corrected chi connectivity index (χ3v) is 5.55. The Bertz CT molecular complexity index is 888. The third-order valence-electron chi connectivity index (χ3n) is 5.55. The molecule has 4 rings (SSSR count). The maximum atomic E-state index is 12.5. The largest absolute Gasteiger partial charge is 0.491 e. The van der Waals surface area contributed by atoms with E-state index in [1.807, 2.05) is 29.2 Å². The van der Waals surface area contributed by atoms with Crippen molar-refractivity contribution >= 4 is 23.2 Å². The van der Waals surface area contributed by atoms with E-state index in [0.717, 1.165) is 56.8 Å². The van der Waals surface area contributed by atoms with Crippen molar-refractivity contribution in [3.8, 4) is 5.75 Å². The minimum Gasteiger partial charge on any atom is -0.491 e. The minimum absolute atomic E-state index is 0.0218. The van der Waals surface area contributed by atoms with E-state index >= 15 is 0 Å². The molecule has 0 spiro atoms. The summed E-state index contributed by atoms with van der Waals surface area (Å²) in [7, 11) is 0. The topological polar surface area (TPSA) is 79.9 Å². The zero-order valence-corrected chi connectivity index (χ0v) is 17.6. The van der Waals surface area contributed by atoms with Gasteiger partial charge in [0.05, 0.1) is 12.6 Å². The predicted octanol–water partition coefficient (Wildman–Crippen LogP) is 3.53. The molecule has 2 N–H and O–H groups in total. The molecule has 2 fully saturated rings. The molecule has 2 aromatic rings. The Morgan fingerprint density at radius 2 is 1.84 bits per heavy atom. The number of anilines is 2. The van der Waals surface area contributed by atoms with Crippen molar-refractivity contribution in [2.75, 3.05) is 43.5 Å². The predicted molar refractivity (Wildman–Crippen MR) is 120 cm³/mol. The van der Waals surface area contributed by atoms with Gasteiger partial charge in [0.2, 0.25) is 5.91 Å². The van der Waals surface area contributed by atoms with Crippen molar-refractivity contribution in [3.05, 3.63) is 54.1 Å². The van der Waals surface area contributed by atoms with Gasteiger partial charge in [-0.1, -0.05) is 6.07 Å². The molecule has 0 aliphatic carbocycles. The molecule has 2 aliphatic heterocycles. The molecule has 0 aromatic heterocycles. The van der Waals surface area contributed by atoms with Crippen LogP contribution in [0.25, 0.3) is 0 Å². The lowest BCUT2D eigenvalue weighted by atomic mass is 10.1. The molecule has 1 atom stereocenters. The first-order valence-electron chi connectivity index (χ1n) is 10.9. The van der Waals surface area contributed by atoms with E-state index < -0.39 is 0 Å². The number of carbonyl (C=O) groups is 2. The van der Waals surface area contributed by atoms with E-state index in [1.54, 1.807) is 24.3 Å². The number of hydrogen-bond acceptors (Lipinski definition) is 5. The van der Waals surface area contributed by atoms with E-state index in [9.17, 15) is 9.59 Å². The van der Waals surface area contributed by atoms with Crippen molar-refractivity contribution in [1.29, 1.82) is 0 Å². The highest BCUT2D eigenvalue weighted by Gasteiger charge is 2.19. The van der Waals surface area contributed by atoms with Gasteiger partial charge in [-0.25, -0.2) is 0 Å². The number of nitrogens with zero attached hydrogens (tertiary/aromatic N) is 1. The van der Waals surface area contributed by atoms with Crippen LogP contribution in [-0.4, -0.2) is 55.7 Å². The number of amides is 2. The fourth-order valence-electron chi connectivity index (χ4n) is 3.85. The molecule has 31 heavy (non-hydrogen) atoms. The maximum absolute atomic E-state index is 12.5. The molecule has 2 heterocycles. The van der Waals surface area contributed by atoms with Crippen LogP contribution in [-0.2, 0) is 9.53 Å². The molecule has 2 saturated heterocycles. The summed E-state index contributed by atoms with van der Waals surface area (Å²) in [6.07, 6.45) is 4.43. The molecule has 2 amide bonds. The van der Waals surface area contributed by atoms with Crippen LogP contribution >= 0.6 is 0 Å². The summed E-state index contributed by atoms with van der Waals surface area (Å²) in [6, 6.07) is 14.6. The molecule has 7 nitrogen and oxygen atoms in total. The van der Waals surface area contributed by atoms with E-state index in [4.69, 9.17) is 9.47 Å². The highest BCUT2D eigenvalue weighted by Crippen LogP contribution is 2.19. The summed E-state index contributed by atoms with van der Waals surface area (Å²) < 4.78 is 11.3. The van der Waals surface area contributed by atoms with Crippen LogP contribution in [0.5, 0.6) is 5.75 Å². The standard InChI is InChI=1S/C24H29N3O4/c28-23(26-20-6-3-5-18(15-20)24(29)27-12-1-2-13-27)16-25-19-8-10-21(11-9-19)31-17-22-7-4-14-30-22/h3,5-6,8-11,15,22,25H,1-2,4,7,12-14,16-17H2,(H,26,28). The van der Waals surface area contributed by atoms with Crippen LogP contribution < -0.4 is 15.4 Å². The van der Waals surface area contributed by atoms with Gasteiger partial charge >= 0.3 is 0 Å². The Balaban J connectivity index is 1.23. The summed E-state index contributed by atoms with van der Waals surface area (Å²) in [5.74, 6) is 0.628. The molecule has 7 heteroatoms. The van der Waals surface area contributed by atoms with E-state index in [1.165, 1.54) is 0 Å². The van der Waals surface area contributed by atoms with E-state index in [2.05, 4.69) is 10.6 Å². The molecular formula is C24H29N3O4. The fourth-order valence-corrected chi connectivity index (χ4v) is 3.85. The molecule has 0 radical (unpaired) electrons. The zero-order valence-electron chi connectivity index (χ0n) is 17.6. The van der Waals surface area contributed by atoms with Crippen LogP contribution in [0, 0.1) is 0 Å². The SMILES string of the molecule is O=C(CNc1ccc(OCC2CCCO2)cc1)Nc1cccc(C(=O)N2CCCC2)c1. The van der Waals surface area contributed by atoms with Gasteiger partial charge < -0.3 is 25.0 Å². The van der Waals surface area contributed by atoms with Crippen LogP contribution in [0.15, 0.2) is 48.5 Å². The highest BCUT2D eigenvalue weighted by molar-refractivity contribution is 5.98. The van der Waals surface area contributed by atoms with Gasteiger partial charge in [-0.05, 0) is 68.1 Å². The molecular weight excluding hydrogens is 394 g/mol. The van der Waals surface area contributed by atoms with Gasteiger partial charge in [-0.3, -0.25) is 9.59 Å². The molecule has 0 saturated carbocycles. The number of ether oxygens (including phenoxy) is 2. The van der Waals surface area contributed by atoms with Gasteiger partial charge in [0.15, 0.2) is 0 Å². The van der Waals surface area contributed by atoms with Gasteiger partial charge in [0, 0.05) is 36.6 Å². The van der Waals surface area contributed by atoms with Crippen LogP contribution in [0.4, 0.5) is 11.4 Å². The Morgan fingerprint density at radius 3 is 2.58 bits per heavy atom. The molecule has 2 aliphatic rings. The summed E-state index contributed by atoms with van der Waals surface area (Å²) in [4.78, 5) is 26.7. The average molecular weight is 424 g/mol. The van der Waals surface area contributed by atoms with Crippen molar-refractivity contribution in [3.63, 3.8) is 0 Å². The van der Waals surface area contributed by atoms with Crippen LogP contribution in [0.3, 0.4) is 0 Å². The quantitative estimate of drug-likeness (QED) is 0.679. The second kappa shape index (κ2) is 10.3. The number of nitrogens with one attached hydrogen (secondary N) is 2. The van der Waals surface area contributed by atoms with Crippen molar-refractivity contribution in [2.45, 2.75) is 31.8 Å². The summed E-state index contributed by atoms with van der Waals surface area (Å²) >= 11 is 0. The Hall–Kier alpha value is -3.06. The monoisotopic (exact) mass is 423 g/mol. The first-order valence-corrected chi connectivity index (χ1v) is 10.9. The second-order valence-corrected chi connectivity index (χ2v) is 7.95. The van der Waals surface area contributed by atoms with Gasteiger partial charge in [-0.2, -0.15) is 0 Å². The Morgan fingerprint density at radius 1 is 1.03 bits per heavy atom. The van der Waals surface area contributed by atoms with Gasteiger partial charge in [0.1, 0.15) is 12.4 Å². The van der Waals surface area contributed by atoms with E-state index in [0.29, 0.717) is 17.9 Å². The molecule has 0 bridgehead atoms. The number of rotatable bonds is 8. The second-order valence-electron chi connectivity index (χ2n) is 7.95. The Kier molecular flexibility index (Phi) is 7.04. The summed E-state index contributed by atoms with van der Waals surface area (Å²) in [6.45, 7) is 3.11. The summed E-state index contributed by atoms with van der Waals surface area (Å²) in [5.41, 5.74) is 2.05. The zero-order chi connectivity index (χ0) is 21.5. The lowest BCUT2D eigenvalue weighted by Crippen LogP contribution is -2.27. The van der Waals surface area contributed by atoms with Crippen LogP contribution in [0.1, 0.15) is 36.0 Å². The number of carbonyl (C=O) groups excluding carboxylic acids is 2. The minimum atomic E-state index is -0.176. The third kappa shape index (κ3) is 5.98. The van der Waals surface area contributed by atoms with Crippen molar-refractivity contribution in [1.82, 2.24) is 4.90 Å². The van der Waals surface area contributed by atoms with Gasteiger partial charge in [0.25, 0.3) is 5.91 Å². The van der Waals surface area contributed by atoms with Crippen molar-refractivity contribution < 1.29 is 19.1 Å². The maximum Gasteiger partial charge on any atom is 0.253 e. The van der Waals surface area contributed by atoms with E-state index in [-0.39, 0.29) is 24.5 Å². The first kappa shape index (κ1) is 21.2. The number of benzene rings is 2. The molecule has 1 unspecified atom stereocenters. The summed E-state index contributed by atoms with van der Waals surface area (Å²) in [5, 5.41) is 5.95.